The molecule has 0 saturated heterocycles. The van der Waals surface area contributed by atoms with E-state index in [1.54, 1.807) is 6.92 Å². The highest BCUT2D eigenvalue weighted by molar-refractivity contribution is 5.94. The summed E-state index contributed by atoms with van der Waals surface area (Å²) < 4.78 is 4.90. The van der Waals surface area contributed by atoms with Crippen molar-refractivity contribution in [3.8, 4) is 0 Å². The number of carboxylic acids is 1. The molecule has 0 unspecified atom stereocenters. The number of aliphatic carboxylic acids is 1. The van der Waals surface area contributed by atoms with Crippen LogP contribution >= 0.6 is 0 Å². The van der Waals surface area contributed by atoms with E-state index in [1.807, 2.05) is 12.1 Å². The van der Waals surface area contributed by atoms with Crippen molar-refractivity contribution in [1.29, 1.82) is 0 Å². The Morgan fingerprint density at radius 3 is 2.92 bits per heavy atom. The van der Waals surface area contributed by atoms with Crippen LogP contribution in [0.25, 0.3) is 0 Å². The smallest absolute Gasteiger partial charge is 0.326 e. The molecule has 0 fully saturated rings. The van der Waals surface area contributed by atoms with Crippen molar-refractivity contribution in [3.05, 3.63) is 52.9 Å². The van der Waals surface area contributed by atoms with E-state index in [0.29, 0.717) is 12.1 Å². The molecule has 1 aliphatic carbocycles. The third kappa shape index (κ3) is 3.48. The minimum absolute atomic E-state index is 0.0304. The van der Waals surface area contributed by atoms with Crippen molar-refractivity contribution < 1.29 is 19.2 Å². The van der Waals surface area contributed by atoms with Crippen molar-refractivity contribution in [2.24, 2.45) is 0 Å². The van der Waals surface area contributed by atoms with Gasteiger partial charge in [0.05, 0.1) is 5.69 Å². The fourth-order valence-corrected chi connectivity index (χ4v) is 3.31. The van der Waals surface area contributed by atoms with E-state index in [9.17, 15) is 14.7 Å². The standard InChI is InChI=1S/C18H20N2O4/c1-11-9-16(24-20-11)17(21)19-15(18(22)23)10-13-7-4-6-12-5-2-3-8-14(12)13/h2-3,5,8-9,13,15H,4,6-7,10H2,1H3,(H,19,21)(H,22,23)/t13-,15-/m0/s1. The summed E-state index contributed by atoms with van der Waals surface area (Å²) in [4.78, 5) is 23.7. The molecule has 0 spiro atoms. The van der Waals surface area contributed by atoms with Crippen LogP contribution in [0.3, 0.4) is 0 Å². The van der Waals surface area contributed by atoms with Gasteiger partial charge in [0.25, 0.3) is 5.91 Å². The average Bonchev–Trinajstić information content (AvgIpc) is 3.01. The molecule has 1 aliphatic rings. The summed E-state index contributed by atoms with van der Waals surface area (Å²) in [7, 11) is 0. The van der Waals surface area contributed by atoms with Crippen LogP contribution in [-0.2, 0) is 11.2 Å². The van der Waals surface area contributed by atoms with Gasteiger partial charge >= 0.3 is 5.97 Å². The number of amides is 1. The summed E-state index contributed by atoms with van der Waals surface area (Å²) >= 11 is 0. The first-order chi connectivity index (χ1) is 11.5. The van der Waals surface area contributed by atoms with Crippen LogP contribution < -0.4 is 5.32 Å². The Balaban J connectivity index is 1.73. The predicted octanol–water partition coefficient (Wildman–Crippen LogP) is 2.68. The van der Waals surface area contributed by atoms with Gasteiger partial charge in [-0.3, -0.25) is 4.79 Å². The van der Waals surface area contributed by atoms with E-state index in [0.717, 1.165) is 19.3 Å². The topological polar surface area (TPSA) is 92.4 Å². The van der Waals surface area contributed by atoms with E-state index >= 15 is 0 Å². The maximum atomic E-state index is 12.2. The van der Waals surface area contributed by atoms with Crippen LogP contribution in [-0.4, -0.2) is 28.2 Å². The number of carbonyl (C=O) groups is 2. The number of fused-ring (bicyclic) bond motifs is 1. The van der Waals surface area contributed by atoms with Gasteiger partial charge in [-0.15, -0.1) is 0 Å². The van der Waals surface area contributed by atoms with E-state index in [4.69, 9.17) is 4.52 Å². The zero-order chi connectivity index (χ0) is 17.1. The van der Waals surface area contributed by atoms with Crippen LogP contribution in [0, 0.1) is 6.92 Å². The number of hydrogen-bond acceptors (Lipinski definition) is 4. The Morgan fingerprint density at radius 2 is 2.21 bits per heavy atom. The lowest BCUT2D eigenvalue weighted by molar-refractivity contribution is -0.139. The largest absolute Gasteiger partial charge is 0.480 e. The van der Waals surface area contributed by atoms with Crippen LogP contribution in [0.2, 0.25) is 0 Å². The Morgan fingerprint density at radius 1 is 1.42 bits per heavy atom. The number of hydrogen-bond donors (Lipinski definition) is 2. The molecular weight excluding hydrogens is 308 g/mol. The van der Waals surface area contributed by atoms with Crippen molar-refractivity contribution in [2.45, 2.75) is 44.6 Å². The van der Waals surface area contributed by atoms with Crippen molar-refractivity contribution in [1.82, 2.24) is 10.5 Å². The van der Waals surface area contributed by atoms with Crippen LogP contribution in [0.5, 0.6) is 0 Å². The quantitative estimate of drug-likeness (QED) is 0.880. The van der Waals surface area contributed by atoms with Crippen molar-refractivity contribution >= 4 is 11.9 Å². The number of carboxylic acid groups (broad SMARTS) is 1. The molecular formula is C18H20N2O4. The Labute approximate surface area is 139 Å². The molecule has 2 aromatic rings. The normalized spacial score (nSPS) is 17.8. The number of aryl methyl sites for hydroxylation is 2. The number of rotatable bonds is 5. The summed E-state index contributed by atoms with van der Waals surface area (Å²) in [5.41, 5.74) is 3.04. The van der Waals surface area contributed by atoms with E-state index in [2.05, 4.69) is 22.6 Å². The highest BCUT2D eigenvalue weighted by Gasteiger charge is 2.29. The molecule has 1 aromatic carbocycles. The molecule has 24 heavy (non-hydrogen) atoms. The highest BCUT2D eigenvalue weighted by atomic mass is 16.5. The summed E-state index contributed by atoms with van der Waals surface area (Å²) in [6, 6.07) is 8.66. The molecule has 1 aromatic heterocycles. The Hall–Kier alpha value is -2.63. The molecule has 126 valence electrons. The van der Waals surface area contributed by atoms with E-state index in [-0.39, 0.29) is 11.7 Å². The van der Waals surface area contributed by atoms with Crippen LogP contribution in [0.1, 0.15) is 52.6 Å². The van der Waals surface area contributed by atoms with Crippen molar-refractivity contribution in [2.75, 3.05) is 0 Å². The van der Waals surface area contributed by atoms with Gasteiger partial charge in [0.15, 0.2) is 0 Å². The summed E-state index contributed by atoms with van der Waals surface area (Å²) in [5, 5.41) is 15.7. The van der Waals surface area contributed by atoms with E-state index in [1.165, 1.54) is 17.2 Å². The average molecular weight is 328 g/mol. The molecule has 3 rings (SSSR count). The zero-order valence-electron chi connectivity index (χ0n) is 13.5. The number of carbonyl (C=O) groups excluding carboxylic acids is 1. The lowest BCUT2D eigenvalue weighted by atomic mass is 9.79. The second-order valence-electron chi connectivity index (χ2n) is 6.22. The van der Waals surface area contributed by atoms with Gasteiger partial charge in [-0.25, -0.2) is 4.79 Å². The number of benzene rings is 1. The Kier molecular flexibility index (Phi) is 4.64. The van der Waals surface area contributed by atoms with Gasteiger partial charge in [-0.05, 0) is 49.7 Å². The molecule has 0 bridgehead atoms. The van der Waals surface area contributed by atoms with Crippen LogP contribution in [0.15, 0.2) is 34.9 Å². The summed E-state index contributed by atoms with van der Waals surface area (Å²) in [6.45, 7) is 1.70. The fraction of sp³-hybridized carbons (Fsp3) is 0.389. The minimum atomic E-state index is -1.04. The molecule has 0 saturated carbocycles. The molecule has 6 heteroatoms. The van der Waals surface area contributed by atoms with Gasteiger partial charge in [-0.2, -0.15) is 0 Å². The molecule has 1 heterocycles. The second kappa shape index (κ2) is 6.86. The third-order valence-corrected chi connectivity index (χ3v) is 4.47. The summed E-state index contributed by atoms with van der Waals surface area (Å²) in [6.07, 6.45) is 3.35. The van der Waals surface area contributed by atoms with E-state index < -0.39 is 17.9 Å². The van der Waals surface area contributed by atoms with Crippen LogP contribution in [0.4, 0.5) is 0 Å². The molecule has 0 aliphatic heterocycles. The zero-order valence-corrected chi connectivity index (χ0v) is 13.5. The maximum Gasteiger partial charge on any atom is 0.326 e. The molecule has 2 atom stereocenters. The lowest BCUT2D eigenvalue weighted by Crippen LogP contribution is -2.42. The van der Waals surface area contributed by atoms with Gasteiger partial charge in [0.2, 0.25) is 5.76 Å². The molecule has 1 amide bonds. The summed E-state index contributed by atoms with van der Waals surface area (Å²) in [5.74, 6) is -1.43. The third-order valence-electron chi connectivity index (χ3n) is 4.47. The monoisotopic (exact) mass is 328 g/mol. The van der Waals surface area contributed by atoms with Gasteiger partial charge in [-0.1, -0.05) is 29.4 Å². The Bertz CT molecular complexity index is 753. The van der Waals surface area contributed by atoms with Crippen molar-refractivity contribution in [3.63, 3.8) is 0 Å². The first-order valence-electron chi connectivity index (χ1n) is 8.09. The first-order valence-corrected chi connectivity index (χ1v) is 8.09. The molecule has 0 radical (unpaired) electrons. The first kappa shape index (κ1) is 16.2. The number of nitrogens with zero attached hydrogens (tertiary/aromatic N) is 1. The molecule has 6 nitrogen and oxygen atoms in total. The SMILES string of the molecule is Cc1cc(C(=O)N[C@@H](C[C@@H]2CCCc3ccccc32)C(=O)O)on1. The maximum absolute atomic E-state index is 12.2. The number of nitrogens with one attached hydrogen (secondary N) is 1. The predicted molar refractivity (Wildman–Crippen MR) is 86.9 cm³/mol. The lowest BCUT2D eigenvalue weighted by Gasteiger charge is -2.27. The van der Waals surface area contributed by atoms with Gasteiger partial charge < -0.3 is 14.9 Å². The van der Waals surface area contributed by atoms with Gasteiger partial charge in [0.1, 0.15) is 6.04 Å². The fourth-order valence-electron chi connectivity index (χ4n) is 3.31. The second-order valence-corrected chi connectivity index (χ2v) is 6.22. The highest BCUT2D eigenvalue weighted by Crippen LogP contribution is 2.34. The van der Waals surface area contributed by atoms with Gasteiger partial charge in [0, 0.05) is 6.07 Å². The number of aromatic nitrogens is 1. The minimum Gasteiger partial charge on any atom is -0.480 e. The molecule has 2 N–H and O–H groups in total.